The summed E-state index contributed by atoms with van der Waals surface area (Å²) in [6.45, 7) is 6.93. The molecule has 1 aliphatic heterocycles. The largest absolute Gasteiger partial charge is 0.368 e. The molecule has 0 amide bonds. The van der Waals surface area contributed by atoms with E-state index in [4.69, 9.17) is 0 Å². The Labute approximate surface area is 118 Å². The zero-order chi connectivity index (χ0) is 13.7. The molecule has 1 saturated heterocycles. The molecule has 1 aromatic rings. The molecule has 1 heterocycles. The lowest BCUT2D eigenvalue weighted by atomic mass is 9.94. The zero-order valence-electron chi connectivity index (χ0n) is 12.7. The van der Waals surface area contributed by atoms with Crippen molar-refractivity contribution in [2.24, 2.45) is 0 Å². The minimum absolute atomic E-state index is 0.600. The maximum absolute atomic E-state index is 3.30. The molecular weight excluding hydrogens is 232 g/mol. The van der Waals surface area contributed by atoms with Crippen LogP contribution in [0.3, 0.4) is 0 Å². The van der Waals surface area contributed by atoms with Crippen LogP contribution in [0.5, 0.6) is 0 Å². The smallest absolute Gasteiger partial charge is 0.0403 e. The number of rotatable bonds is 5. The number of para-hydroxylation sites is 1. The van der Waals surface area contributed by atoms with Crippen LogP contribution in [0.15, 0.2) is 24.3 Å². The van der Waals surface area contributed by atoms with Gasteiger partial charge in [-0.15, -0.1) is 0 Å². The molecule has 1 unspecified atom stereocenters. The van der Waals surface area contributed by atoms with Gasteiger partial charge in [0.1, 0.15) is 0 Å². The maximum Gasteiger partial charge on any atom is 0.0403 e. The molecule has 0 spiro atoms. The molecule has 1 fully saturated rings. The van der Waals surface area contributed by atoms with E-state index in [2.05, 4.69) is 55.4 Å². The van der Waals surface area contributed by atoms with Crippen LogP contribution >= 0.6 is 0 Å². The third kappa shape index (κ3) is 3.50. The predicted molar refractivity (Wildman–Crippen MR) is 84.1 cm³/mol. The molecule has 1 aliphatic rings. The molecule has 0 radical (unpaired) electrons. The molecule has 0 aromatic heterocycles. The van der Waals surface area contributed by atoms with Gasteiger partial charge in [-0.1, -0.05) is 32.0 Å². The summed E-state index contributed by atoms with van der Waals surface area (Å²) in [7, 11) is 2.05. The summed E-state index contributed by atoms with van der Waals surface area (Å²) in [6.07, 6.45) is 5.31. The van der Waals surface area contributed by atoms with E-state index in [0.717, 1.165) is 6.54 Å². The maximum atomic E-state index is 3.30. The zero-order valence-corrected chi connectivity index (χ0v) is 12.7. The van der Waals surface area contributed by atoms with E-state index in [9.17, 15) is 0 Å². The van der Waals surface area contributed by atoms with Gasteiger partial charge in [-0.25, -0.2) is 0 Å². The van der Waals surface area contributed by atoms with Crippen molar-refractivity contribution in [3.8, 4) is 0 Å². The fraction of sp³-hybridized carbons (Fsp3) is 0.647. The van der Waals surface area contributed by atoms with Gasteiger partial charge in [-0.05, 0) is 56.8 Å². The number of hydrogen-bond acceptors (Lipinski definition) is 2. The molecule has 106 valence electrons. The van der Waals surface area contributed by atoms with Crippen molar-refractivity contribution in [2.75, 3.05) is 25.0 Å². The number of anilines is 1. The van der Waals surface area contributed by atoms with E-state index in [1.165, 1.54) is 43.5 Å². The lowest BCUT2D eigenvalue weighted by molar-refractivity contribution is 0.432. The van der Waals surface area contributed by atoms with E-state index >= 15 is 0 Å². The third-order valence-corrected chi connectivity index (χ3v) is 4.22. The molecule has 0 saturated carbocycles. The summed E-state index contributed by atoms with van der Waals surface area (Å²) in [5.41, 5.74) is 2.97. The first-order valence-electron chi connectivity index (χ1n) is 7.74. The molecule has 0 aliphatic carbocycles. The quantitative estimate of drug-likeness (QED) is 0.867. The van der Waals surface area contributed by atoms with Crippen LogP contribution < -0.4 is 10.2 Å². The molecule has 0 bridgehead atoms. The van der Waals surface area contributed by atoms with Crippen LogP contribution in [-0.2, 0) is 0 Å². The summed E-state index contributed by atoms with van der Waals surface area (Å²) in [6, 6.07) is 9.67. The Morgan fingerprint density at radius 3 is 2.79 bits per heavy atom. The number of nitrogens with one attached hydrogen (secondary N) is 1. The van der Waals surface area contributed by atoms with Crippen molar-refractivity contribution in [1.82, 2.24) is 5.32 Å². The van der Waals surface area contributed by atoms with Crippen LogP contribution in [0, 0.1) is 0 Å². The van der Waals surface area contributed by atoms with Gasteiger partial charge in [0.2, 0.25) is 0 Å². The highest BCUT2D eigenvalue weighted by Crippen LogP contribution is 2.32. The fourth-order valence-electron chi connectivity index (χ4n) is 3.17. The molecule has 2 rings (SSSR count). The van der Waals surface area contributed by atoms with Gasteiger partial charge >= 0.3 is 0 Å². The second-order valence-electron chi connectivity index (χ2n) is 5.95. The standard InChI is InChI=1S/C17H28N2/c1-14(2)16-9-4-5-10-17(16)19-13-7-6-8-15(19)11-12-18-3/h4-5,9-10,14-15,18H,6-8,11-13H2,1-3H3. The van der Waals surface area contributed by atoms with Gasteiger partial charge in [-0.3, -0.25) is 0 Å². The topological polar surface area (TPSA) is 15.3 Å². The van der Waals surface area contributed by atoms with Crippen LogP contribution in [-0.4, -0.2) is 26.2 Å². The van der Waals surface area contributed by atoms with Crippen molar-refractivity contribution in [1.29, 1.82) is 0 Å². The highest BCUT2D eigenvalue weighted by atomic mass is 15.2. The van der Waals surface area contributed by atoms with Crippen LogP contribution in [0.25, 0.3) is 0 Å². The van der Waals surface area contributed by atoms with Crippen LogP contribution in [0.1, 0.15) is 51.0 Å². The number of piperidine rings is 1. The van der Waals surface area contributed by atoms with Crippen molar-refractivity contribution in [3.05, 3.63) is 29.8 Å². The summed E-state index contributed by atoms with van der Waals surface area (Å²) >= 11 is 0. The van der Waals surface area contributed by atoms with Crippen molar-refractivity contribution in [2.45, 2.75) is 51.5 Å². The van der Waals surface area contributed by atoms with Crippen molar-refractivity contribution in [3.63, 3.8) is 0 Å². The summed E-state index contributed by atoms with van der Waals surface area (Å²) in [5, 5.41) is 3.30. The Hall–Kier alpha value is -1.02. The minimum Gasteiger partial charge on any atom is -0.368 e. The number of nitrogens with zero attached hydrogens (tertiary/aromatic N) is 1. The second kappa shape index (κ2) is 6.95. The molecule has 1 aromatic carbocycles. The molecular formula is C17H28N2. The van der Waals surface area contributed by atoms with E-state index in [1.807, 2.05) is 0 Å². The van der Waals surface area contributed by atoms with E-state index in [-0.39, 0.29) is 0 Å². The Morgan fingerprint density at radius 2 is 2.05 bits per heavy atom. The lowest BCUT2D eigenvalue weighted by Crippen LogP contribution is -2.41. The van der Waals surface area contributed by atoms with Gasteiger partial charge in [0.25, 0.3) is 0 Å². The highest BCUT2D eigenvalue weighted by Gasteiger charge is 2.24. The molecule has 19 heavy (non-hydrogen) atoms. The third-order valence-electron chi connectivity index (χ3n) is 4.22. The van der Waals surface area contributed by atoms with Crippen LogP contribution in [0.4, 0.5) is 5.69 Å². The van der Waals surface area contributed by atoms with E-state index in [0.29, 0.717) is 12.0 Å². The van der Waals surface area contributed by atoms with Crippen molar-refractivity contribution >= 4 is 5.69 Å². The van der Waals surface area contributed by atoms with Gasteiger partial charge in [-0.2, -0.15) is 0 Å². The second-order valence-corrected chi connectivity index (χ2v) is 5.95. The fourth-order valence-corrected chi connectivity index (χ4v) is 3.17. The number of hydrogen-bond donors (Lipinski definition) is 1. The summed E-state index contributed by atoms with van der Waals surface area (Å²) in [4.78, 5) is 2.66. The Kier molecular flexibility index (Phi) is 5.26. The molecule has 2 heteroatoms. The SMILES string of the molecule is CNCCC1CCCCN1c1ccccc1C(C)C. The lowest BCUT2D eigenvalue weighted by Gasteiger charge is -2.39. The van der Waals surface area contributed by atoms with Crippen LogP contribution in [0.2, 0.25) is 0 Å². The Bertz CT molecular complexity index is 387. The van der Waals surface area contributed by atoms with Crippen molar-refractivity contribution < 1.29 is 0 Å². The molecule has 2 nitrogen and oxygen atoms in total. The average molecular weight is 260 g/mol. The molecule has 1 atom stereocenters. The number of benzene rings is 1. The van der Waals surface area contributed by atoms with Gasteiger partial charge < -0.3 is 10.2 Å². The van der Waals surface area contributed by atoms with E-state index in [1.54, 1.807) is 0 Å². The normalized spacial score (nSPS) is 20.0. The van der Waals surface area contributed by atoms with Gasteiger partial charge in [0.05, 0.1) is 0 Å². The highest BCUT2D eigenvalue weighted by molar-refractivity contribution is 5.56. The Morgan fingerprint density at radius 1 is 1.26 bits per heavy atom. The van der Waals surface area contributed by atoms with Gasteiger partial charge in [0.15, 0.2) is 0 Å². The Balaban J connectivity index is 2.21. The first-order chi connectivity index (χ1) is 9.24. The average Bonchev–Trinajstić information content (AvgIpc) is 2.45. The summed E-state index contributed by atoms with van der Waals surface area (Å²) < 4.78 is 0. The first-order valence-corrected chi connectivity index (χ1v) is 7.74. The molecule has 1 N–H and O–H groups in total. The van der Waals surface area contributed by atoms with E-state index < -0.39 is 0 Å². The monoisotopic (exact) mass is 260 g/mol. The summed E-state index contributed by atoms with van der Waals surface area (Å²) in [5.74, 6) is 0.600. The first kappa shape index (κ1) is 14.4. The predicted octanol–water partition coefficient (Wildman–Crippen LogP) is 3.78. The van der Waals surface area contributed by atoms with Gasteiger partial charge in [0, 0.05) is 18.3 Å². The minimum atomic E-state index is 0.600.